The number of hydrogen-bond donors (Lipinski definition) is 2. The molecular weight excluding hydrogens is 358 g/mol. The number of nitrogens with one attached hydrogen (secondary N) is 2. The van der Waals surface area contributed by atoms with Crippen molar-refractivity contribution in [2.24, 2.45) is 22.7 Å². The van der Waals surface area contributed by atoms with Gasteiger partial charge in [-0.2, -0.15) is 0 Å². The molecule has 158 valence electrons. The molecule has 0 aromatic rings. The molecule has 4 bridgehead atoms. The Morgan fingerprint density at radius 1 is 0.857 bits per heavy atom. The predicted molar refractivity (Wildman–Crippen MR) is 107 cm³/mol. The Kier molecular flexibility index (Phi) is 5.40. The molecule has 4 saturated carbocycles. The van der Waals surface area contributed by atoms with Crippen LogP contribution in [0.3, 0.4) is 0 Å². The molecule has 7 nitrogen and oxygen atoms in total. The minimum absolute atomic E-state index is 0.107. The molecule has 4 rings (SSSR count). The monoisotopic (exact) mass is 393 g/mol. The molecule has 0 aromatic carbocycles. The van der Waals surface area contributed by atoms with E-state index in [9.17, 15) is 9.59 Å². The molecule has 2 N–H and O–H groups in total. The molecule has 2 amide bonds. The van der Waals surface area contributed by atoms with Gasteiger partial charge in [0, 0.05) is 5.54 Å². The van der Waals surface area contributed by atoms with Crippen LogP contribution in [0, 0.1) is 17.8 Å². The van der Waals surface area contributed by atoms with Crippen molar-refractivity contribution in [3.63, 3.8) is 0 Å². The number of guanidine groups is 1. The number of carbonyl (C=O) groups is 2. The summed E-state index contributed by atoms with van der Waals surface area (Å²) in [5.74, 6) is 2.31. The van der Waals surface area contributed by atoms with Gasteiger partial charge in [-0.05, 0) is 97.8 Å². The Hall–Kier alpha value is -1.79. The number of amides is 2. The van der Waals surface area contributed by atoms with E-state index in [1.807, 2.05) is 0 Å². The third kappa shape index (κ3) is 5.61. The number of nitrogens with zero attached hydrogens (tertiary/aromatic N) is 1. The number of carbonyl (C=O) groups excluding carboxylic acids is 2. The largest absolute Gasteiger partial charge is 0.444 e. The van der Waals surface area contributed by atoms with Crippen LogP contribution in [0.1, 0.15) is 80.1 Å². The Bertz CT molecular complexity index is 622. The Morgan fingerprint density at radius 3 is 1.75 bits per heavy atom. The van der Waals surface area contributed by atoms with Crippen LogP contribution in [0.2, 0.25) is 0 Å². The van der Waals surface area contributed by atoms with Crippen molar-refractivity contribution < 1.29 is 19.1 Å². The van der Waals surface area contributed by atoms with Gasteiger partial charge in [0.15, 0.2) is 0 Å². The zero-order valence-electron chi connectivity index (χ0n) is 18.1. The molecule has 0 unspecified atom stereocenters. The van der Waals surface area contributed by atoms with E-state index in [-0.39, 0.29) is 11.5 Å². The fourth-order valence-corrected chi connectivity index (χ4v) is 5.38. The zero-order chi connectivity index (χ0) is 20.7. The van der Waals surface area contributed by atoms with Crippen LogP contribution in [0.5, 0.6) is 0 Å². The second-order valence-electron chi connectivity index (χ2n) is 10.9. The third-order valence-corrected chi connectivity index (χ3v) is 5.64. The van der Waals surface area contributed by atoms with Gasteiger partial charge in [0.2, 0.25) is 5.96 Å². The maximum atomic E-state index is 12.3. The van der Waals surface area contributed by atoms with Crippen molar-refractivity contribution in [3.8, 4) is 0 Å². The van der Waals surface area contributed by atoms with Crippen LogP contribution in [0.15, 0.2) is 4.99 Å². The fourth-order valence-electron chi connectivity index (χ4n) is 5.38. The van der Waals surface area contributed by atoms with Gasteiger partial charge >= 0.3 is 12.2 Å². The highest BCUT2D eigenvalue weighted by Gasteiger charge is 2.51. The van der Waals surface area contributed by atoms with Crippen LogP contribution in [0.25, 0.3) is 0 Å². The van der Waals surface area contributed by atoms with Crippen molar-refractivity contribution in [1.82, 2.24) is 10.6 Å². The molecule has 0 spiro atoms. The van der Waals surface area contributed by atoms with Crippen molar-refractivity contribution in [1.29, 1.82) is 0 Å². The molecule has 4 fully saturated rings. The van der Waals surface area contributed by atoms with Gasteiger partial charge in [-0.3, -0.25) is 5.32 Å². The average molecular weight is 394 g/mol. The summed E-state index contributed by atoms with van der Waals surface area (Å²) in [6.45, 7) is 10.7. The molecule has 28 heavy (non-hydrogen) atoms. The normalized spacial score (nSPS) is 32.1. The van der Waals surface area contributed by atoms with Gasteiger partial charge in [0.25, 0.3) is 0 Å². The molecule has 0 saturated heterocycles. The number of ether oxygens (including phenoxy) is 2. The highest BCUT2D eigenvalue weighted by molar-refractivity contribution is 5.99. The predicted octanol–water partition coefficient (Wildman–Crippen LogP) is 4.36. The van der Waals surface area contributed by atoms with Gasteiger partial charge in [-0.1, -0.05) is 0 Å². The SMILES string of the molecule is CC(C)(C)OC(=O)/N=C(/NC(=O)OC(C)(C)C)NC12CC3CC(CC(C3)C1)C2. The van der Waals surface area contributed by atoms with Crippen LogP contribution in [-0.4, -0.2) is 34.9 Å². The lowest BCUT2D eigenvalue weighted by atomic mass is 9.53. The molecule has 7 heteroatoms. The maximum Gasteiger partial charge on any atom is 0.437 e. The van der Waals surface area contributed by atoms with Crippen LogP contribution in [0.4, 0.5) is 9.59 Å². The Labute approximate surface area is 168 Å². The standard InChI is InChI=1S/C21H35N3O4/c1-19(2,3)27-17(25)22-16(23-18(26)28-20(4,5)6)24-21-10-13-7-14(11-21)9-15(8-13)12-21/h13-15H,7-12H2,1-6H3,(H2,22,23,24,25,26). The van der Waals surface area contributed by atoms with Crippen LogP contribution in [-0.2, 0) is 9.47 Å². The van der Waals surface area contributed by atoms with Crippen molar-refractivity contribution in [2.45, 2.75) is 96.8 Å². The summed E-state index contributed by atoms with van der Waals surface area (Å²) in [6.07, 6.45) is 5.73. The summed E-state index contributed by atoms with van der Waals surface area (Å²) >= 11 is 0. The van der Waals surface area contributed by atoms with E-state index in [1.165, 1.54) is 19.3 Å². The lowest BCUT2D eigenvalue weighted by molar-refractivity contribution is -0.0106. The number of aliphatic imine (C=N–C) groups is 1. The summed E-state index contributed by atoms with van der Waals surface area (Å²) in [5, 5.41) is 6.07. The molecule has 0 radical (unpaired) electrons. The van der Waals surface area contributed by atoms with Gasteiger partial charge in [-0.15, -0.1) is 4.99 Å². The van der Waals surface area contributed by atoms with Crippen LogP contribution >= 0.6 is 0 Å². The Morgan fingerprint density at radius 2 is 1.32 bits per heavy atom. The van der Waals surface area contributed by atoms with Gasteiger partial charge in [-0.25, -0.2) is 9.59 Å². The number of alkyl carbamates (subject to hydrolysis) is 1. The Balaban J connectivity index is 1.76. The number of rotatable bonds is 1. The summed E-state index contributed by atoms with van der Waals surface area (Å²) in [4.78, 5) is 28.6. The molecule has 4 aliphatic carbocycles. The van der Waals surface area contributed by atoms with E-state index in [4.69, 9.17) is 9.47 Å². The van der Waals surface area contributed by atoms with Gasteiger partial charge < -0.3 is 14.8 Å². The van der Waals surface area contributed by atoms with Crippen molar-refractivity contribution >= 4 is 18.1 Å². The first kappa shape index (κ1) is 20.9. The first-order chi connectivity index (χ1) is 12.8. The molecule has 0 aliphatic heterocycles. The van der Waals surface area contributed by atoms with E-state index in [2.05, 4.69) is 15.6 Å². The second-order valence-corrected chi connectivity index (χ2v) is 10.9. The summed E-state index contributed by atoms with van der Waals surface area (Å²) in [6, 6.07) is 0. The zero-order valence-corrected chi connectivity index (χ0v) is 18.1. The highest BCUT2D eigenvalue weighted by atomic mass is 16.6. The molecule has 0 heterocycles. The van der Waals surface area contributed by atoms with Gasteiger partial charge in [0.05, 0.1) is 0 Å². The lowest BCUT2D eigenvalue weighted by Gasteiger charge is -2.57. The minimum atomic E-state index is -0.726. The average Bonchev–Trinajstić information content (AvgIpc) is 2.39. The molecular formula is C21H35N3O4. The van der Waals surface area contributed by atoms with E-state index < -0.39 is 23.4 Å². The summed E-state index contributed by atoms with van der Waals surface area (Å²) in [5.41, 5.74) is -1.40. The second kappa shape index (κ2) is 7.23. The van der Waals surface area contributed by atoms with E-state index in [0.29, 0.717) is 0 Å². The van der Waals surface area contributed by atoms with Crippen LogP contribution < -0.4 is 10.6 Å². The lowest BCUT2D eigenvalue weighted by Crippen LogP contribution is -2.62. The minimum Gasteiger partial charge on any atom is -0.444 e. The summed E-state index contributed by atoms with van der Waals surface area (Å²) < 4.78 is 10.7. The van der Waals surface area contributed by atoms with E-state index in [0.717, 1.165) is 37.0 Å². The first-order valence-corrected chi connectivity index (χ1v) is 10.4. The number of hydrogen-bond acceptors (Lipinski definition) is 4. The molecule has 0 atom stereocenters. The van der Waals surface area contributed by atoms with E-state index in [1.54, 1.807) is 41.5 Å². The fraction of sp³-hybridized carbons (Fsp3) is 0.857. The molecule has 4 aliphatic rings. The topological polar surface area (TPSA) is 89.0 Å². The maximum absolute atomic E-state index is 12.3. The highest BCUT2D eigenvalue weighted by Crippen LogP contribution is 2.55. The van der Waals surface area contributed by atoms with Crippen molar-refractivity contribution in [3.05, 3.63) is 0 Å². The third-order valence-electron chi connectivity index (χ3n) is 5.64. The summed E-state index contributed by atoms with van der Waals surface area (Å²) in [7, 11) is 0. The quantitative estimate of drug-likeness (QED) is 0.510. The van der Waals surface area contributed by atoms with Gasteiger partial charge in [0.1, 0.15) is 11.2 Å². The smallest absolute Gasteiger partial charge is 0.437 e. The molecule has 0 aromatic heterocycles. The first-order valence-electron chi connectivity index (χ1n) is 10.4. The van der Waals surface area contributed by atoms with Crippen molar-refractivity contribution in [2.75, 3.05) is 0 Å². The van der Waals surface area contributed by atoms with E-state index >= 15 is 0 Å².